The monoisotopic (exact) mass is 474 g/mol. The Kier molecular flexibility index (Phi) is 11.3. The van der Waals surface area contributed by atoms with Crippen LogP contribution in [-0.4, -0.2) is 56.1 Å². The summed E-state index contributed by atoms with van der Waals surface area (Å²) in [5, 5.41) is 6.11. The number of nitrogens with one attached hydrogen (secondary N) is 2. The van der Waals surface area contributed by atoms with Gasteiger partial charge in [0.05, 0.1) is 19.8 Å². The molecule has 1 fully saturated rings. The first-order valence-corrected chi connectivity index (χ1v) is 9.08. The third-order valence-electron chi connectivity index (χ3n) is 4.13. The van der Waals surface area contributed by atoms with E-state index in [0.717, 1.165) is 38.6 Å². The van der Waals surface area contributed by atoms with Crippen LogP contribution >= 0.6 is 24.0 Å². The van der Waals surface area contributed by atoms with Crippen molar-refractivity contribution in [2.24, 2.45) is 10.9 Å². The van der Waals surface area contributed by atoms with E-state index < -0.39 is 0 Å². The van der Waals surface area contributed by atoms with Crippen molar-refractivity contribution in [2.45, 2.75) is 26.9 Å². The summed E-state index contributed by atoms with van der Waals surface area (Å²) < 4.78 is 5.88. The summed E-state index contributed by atoms with van der Waals surface area (Å²) in [4.78, 5) is 17.8. The third kappa shape index (κ3) is 8.35. The van der Waals surface area contributed by atoms with Crippen LogP contribution < -0.4 is 10.6 Å². The SMILES string of the molecule is CCNC(=NCCNC(C)=O)N1CCC(COCc2ccccc2)C1.I. The number of hydrogen-bond acceptors (Lipinski definition) is 3. The molecule has 1 heterocycles. The fraction of sp³-hybridized carbons (Fsp3) is 0.579. The van der Waals surface area contributed by atoms with Gasteiger partial charge < -0.3 is 20.3 Å². The van der Waals surface area contributed by atoms with Crippen molar-refractivity contribution in [3.05, 3.63) is 35.9 Å². The van der Waals surface area contributed by atoms with Gasteiger partial charge in [0.25, 0.3) is 0 Å². The number of carbonyl (C=O) groups is 1. The minimum atomic E-state index is -0.0167. The number of ether oxygens (including phenoxy) is 1. The Labute approximate surface area is 173 Å². The maximum atomic E-state index is 10.9. The molecule has 1 unspecified atom stereocenters. The third-order valence-corrected chi connectivity index (χ3v) is 4.13. The molecule has 0 bridgehead atoms. The molecule has 0 radical (unpaired) electrons. The molecule has 1 amide bonds. The molecule has 1 atom stereocenters. The molecular formula is C19H31IN4O2. The van der Waals surface area contributed by atoms with Crippen molar-refractivity contribution in [3.63, 3.8) is 0 Å². The van der Waals surface area contributed by atoms with Crippen molar-refractivity contribution in [1.29, 1.82) is 0 Å². The lowest BCUT2D eigenvalue weighted by Crippen LogP contribution is -2.40. The molecule has 0 aliphatic carbocycles. The number of nitrogens with zero attached hydrogens (tertiary/aromatic N) is 2. The van der Waals surface area contributed by atoms with Gasteiger partial charge in [-0.15, -0.1) is 24.0 Å². The standard InChI is InChI=1S/C19H30N4O2.HI/c1-3-20-19(22-11-10-21-16(2)24)23-12-9-18(13-23)15-25-14-17-7-5-4-6-8-17;/h4-8,18H,3,9-15H2,1-2H3,(H,20,22)(H,21,24);1H. The average molecular weight is 474 g/mol. The molecule has 1 saturated heterocycles. The van der Waals surface area contributed by atoms with Gasteiger partial charge in [-0.05, 0) is 18.9 Å². The average Bonchev–Trinajstić information content (AvgIpc) is 3.07. The zero-order valence-electron chi connectivity index (χ0n) is 15.7. The summed E-state index contributed by atoms with van der Waals surface area (Å²) in [6.45, 7) is 8.99. The lowest BCUT2D eigenvalue weighted by molar-refractivity contribution is -0.118. The summed E-state index contributed by atoms with van der Waals surface area (Å²) >= 11 is 0. The number of amides is 1. The zero-order valence-corrected chi connectivity index (χ0v) is 18.1. The van der Waals surface area contributed by atoms with E-state index in [1.807, 2.05) is 18.2 Å². The first-order chi connectivity index (χ1) is 12.2. The Hall–Kier alpha value is -1.35. The molecule has 0 aromatic heterocycles. The van der Waals surface area contributed by atoms with Crippen LogP contribution in [0.2, 0.25) is 0 Å². The number of rotatable bonds is 8. The van der Waals surface area contributed by atoms with Crippen LogP contribution in [0.3, 0.4) is 0 Å². The quantitative estimate of drug-likeness (QED) is 0.263. The number of guanidine groups is 1. The topological polar surface area (TPSA) is 66.0 Å². The second-order valence-corrected chi connectivity index (χ2v) is 6.32. The Balaban J connectivity index is 0.00000338. The lowest BCUT2D eigenvalue weighted by Gasteiger charge is -2.21. The predicted octanol–water partition coefficient (Wildman–Crippen LogP) is 2.24. The van der Waals surface area contributed by atoms with E-state index in [9.17, 15) is 4.79 Å². The van der Waals surface area contributed by atoms with Crippen molar-refractivity contribution in [1.82, 2.24) is 15.5 Å². The van der Waals surface area contributed by atoms with Gasteiger partial charge in [0, 0.05) is 39.0 Å². The molecule has 1 aromatic carbocycles. The molecule has 146 valence electrons. The molecule has 2 rings (SSSR count). The molecule has 1 aromatic rings. The highest BCUT2D eigenvalue weighted by molar-refractivity contribution is 14.0. The number of benzene rings is 1. The molecule has 1 aliphatic rings. The fourth-order valence-electron chi connectivity index (χ4n) is 2.90. The number of aliphatic imine (C=N–C) groups is 1. The minimum absolute atomic E-state index is 0. The molecule has 6 nitrogen and oxygen atoms in total. The van der Waals surface area contributed by atoms with E-state index in [-0.39, 0.29) is 29.9 Å². The molecule has 0 spiro atoms. The van der Waals surface area contributed by atoms with Crippen molar-refractivity contribution in [2.75, 3.05) is 39.3 Å². The summed E-state index contributed by atoms with van der Waals surface area (Å²) in [6, 6.07) is 10.3. The van der Waals surface area contributed by atoms with Crippen molar-refractivity contribution >= 4 is 35.8 Å². The van der Waals surface area contributed by atoms with Gasteiger partial charge in [0.1, 0.15) is 0 Å². The summed E-state index contributed by atoms with van der Waals surface area (Å²) in [7, 11) is 0. The van der Waals surface area contributed by atoms with E-state index >= 15 is 0 Å². The Morgan fingerprint density at radius 2 is 2.08 bits per heavy atom. The van der Waals surface area contributed by atoms with Crippen LogP contribution in [-0.2, 0) is 16.1 Å². The lowest BCUT2D eigenvalue weighted by atomic mass is 10.1. The van der Waals surface area contributed by atoms with E-state index in [2.05, 4.69) is 39.6 Å². The van der Waals surface area contributed by atoms with Crippen LogP contribution in [0.25, 0.3) is 0 Å². The van der Waals surface area contributed by atoms with Crippen LogP contribution in [0, 0.1) is 5.92 Å². The highest BCUT2D eigenvalue weighted by atomic mass is 127. The highest BCUT2D eigenvalue weighted by Gasteiger charge is 2.24. The number of halogens is 1. The Bertz CT molecular complexity index is 554. The Morgan fingerprint density at radius 1 is 1.31 bits per heavy atom. The molecule has 1 aliphatic heterocycles. The van der Waals surface area contributed by atoms with Gasteiger partial charge in [-0.25, -0.2) is 0 Å². The van der Waals surface area contributed by atoms with Gasteiger partial charge in [-0.1, -0.05) is 30.3 Å². The maximum absolute atomic E-state index is 10.9. The molecule has 0 saturated carbocycles. The second-order valence-electron chi connectivity index (χ2n) is 6.32. The maximum Gasteiger partial charge on any atom is 0.216 e. The summed E-state index contributed by atoms with van der Waals surface area (Å²) in [6.07, 6.45) is 1.12. The van der Waals surface area contributed by atoms with E-state index in [0.29, 0.717) is 25.6 Å². The summed E-state index contributed by atoms with van der Waals surface area (Å²) in [5.41, 5.74) is 1.21. The van der Waals surface area contributed by atoms with Crippen LogP contribution in [0.1, 0.15) is 25.8 Å². The first kappa shape index (κ1) is 22.7. The van der Waals surface area contributed by atoms with Crippen molar-refractivity contribution < 1.29 is 9.53 Å². The van der Waals surface area contributed by atoms with Gasteiger partial charge in [0.2, 0.25) is 5.91 Å². The van der Waals surface area contributed by atoms with Gasteiger partial charge in [-0.2, -0.15) is 0 Å². The molecule has 2 N–H and O–H groups in total. The predicted molar refractivity (Wildman–Crippen MR) is 116 cm³/mol. The fourth-order valence-corrected chi connectivity index (χ4v) is 2.90. The zero-order chi connectivity index (χ0) is 17.9. The van der Waals surface area contributed by atoms with E-state index in [4.69, 9.17) is 4.74 Å². The van der Waals surface area contributed by atoms with Crippen LogP contribution in [0.15, 0.2) is 35.3 Å². The van der Waals surface area contributed by atoms with Gasteiger partial charge >= 0.3 is 0 Å². The van der Waals surface area contributed by atoms with E-state index in [1.165, 1.54) is 12.5 Å². The molecule has 26 heavy (non-hydrogen) atoms. The smallest absolute Gasteiger partial charge is 0.216 e. The molecule has 7 heteroatoms. The second kappa shape index (κ2) is 12.9. The normalized spacial score (nSPS) is 16.9. The number of hydrogen-bond donors (Lipinski definition) is 2. The first-order valence-electron chi connectivity index (χ1n) is 9.08. The van der Waals surface area contributed by atoms with Gasteiger partial charge in [-0.3, -0.25) is 9.79 Å². The minimum Gasteiger partial charge on any atom is -0.376 e. The summed E-state index contributed by atoms with van der Waals surface area (Å²) in [5.74, 6) is 1.44. The number of carbonyl (C=O) groups excluding carboxylic acids is 1. The highest BCUT2D eigenvalue weighted by Crippen LogP contribution is 2.17. The largest absolute Gasteiger partial charge is 0.376 e. The number of likely N-dealkylation sites (tertiary alicyclic amines) is 1. The van der Waals surface area contributed by atoms with Gasteiger partial charge in [0.15, 0.2) is 5.96 Å². The van der Waals surface area contributed by atoms with Crippen LogP contribution in [0.5, 0.6) is 0 Å². The van der Waals surface area contributed by atoms with Crippen molar-refractivity contribution in [3.8, 4) is 0 Å². The van der Waals surface area contributed by atoms with E-state index in [1.54, 1.807) is 0 Å². The molecular weight excluding hydrogens is 443 g/mol. The van der Waals surface area contributed by atoms with Crippen LogP contribution in [0.4, 0.5) is 0 Å². The Morgan fingerprint density at radius 3 is 2.77 bits per heavy atom.